The second-order valence-corrected chi connectivity index (χ2v) is 4.69. The third-order valence-corrected chi connectivity index (χ3v) is 3.03. The summed E-state index contributed by atoms with van der Waals surface area (Å²) in [5.74, 6) is -0.213. The maximum Gasteiger partial charge on any atom is 0.224 e. The number of nitrogens with two attached hydrogens (primary N) is 2. The summed E-state index contributed by atoms with van der Waals surface area (Å²) in [4.78, 5) is 13.9. The van der Waals surface area contributed by atoms with E-state index in [1.54, 1.807) is 0 Å². The first-order chi connectivity index (χ1) is 6.44. The largest absolute Gasteiger partial charge is 0.393 e. The van der Waals surface area contributed by atoms with Gasteiger partial charge in [0.2, 0.25) is 5.91 Å². The first-order valence-electron chi connectivity index (χ1n) is 4.74. The number of primary amides is 1. The van der Waals surface area contributed by atoms with Crippen molar-refractivity contribution in [2.75, 3.05) is 19.6 Å². The molecule has 14 heavy (non-hydrogen) atoms. The third kappa shape index (κ3) is 2.65. The van der Waals surface area contributed by atoms with Crippen molar-refractivity contribution in [1.29, 1.82) is 0 Å². The van der Waals surface area contributed by atoms with Crippen LogP contribution in [0.2, 0.25) is 0 Å². The van der Waals surface area contributed by atoms with Crippen molar-refractivity contribution >= 4 is 23.1 Å². The summed E-state index contributed by atoms with van der Waals surface area (Å²) in [6, 6.07) is 0. The average molecular weight is 215 g/mol. The highest BCUT2D eigenvalue weighted by atomic mass is 32.1. The summed E-state index contributed by atoms with van der Waals surface area (Å²) in [6.45, 7) is 4.38. The van der Waals surface area contributed by atoms with Crippen LogP contribution in [0.3, 0.4) is 0 Å². The molecule has 0 radical (unpaired) electrons. The molecule has 0 aromatic rings. The highest BCUT2D eigenvalue weighted by molar-refractivity contribution is 7.80. The zero-order valence-electron chi connectivity index (χ0n) is 8.45. The van der Waals surface area contributed by atoms with Gasteiger partial charge < -0.3 is 16.4 Å². The molecule has 1 amide bonds. The number of hydrogen-bond donors (Lipinski definition) is 2. The average Bonchev–Trinajstić information content (AvgIpc) is 2.45. The molecule has 0 saturated carbocycles. The number of nitrogens with zero attached hydrogens (tertiary/aromatic N) is 1. The van der Waals surface area contributed by atoms with Crippen molar-refractivity contribution in [3.8, 4) is 0 Å². The molecule has 4 N–H and O–H groups in total. The maximum atomic E-state index is 11.2. The molecule has 1 unspecified atom stereocenters. The summed E-state index contributed by atoms with van der Waals surface area (Å²) in [7, 11) is 0. The quantitative estimate of drug-likeness (QED) is 0.640. The van der Waals surface area contributed by atoms with Gasteiger partial charge in [-0.2, -0.15) is 0 Å². The molecule has 5 heteroatoms. The van der Waals surface area contributed by atoms with E-state index >= 15 is 0 Å². The van der Waals surface area contributed by atoms with Gasteiger partial charge >= 0.3 is 0 Å². The monoisotopic (exact) mass is 215 g/mol. The Balaban J connectivity index is 2.41. The van der Waals surface area contributed by atoms with E-state index in [0.29, 0.717) is 11.4 Å². The zero-order chi connectivity index (χ0) is 10.8. The second kappa shape index (κ2) is 4.23. The molecule has 1 saturated heterocycles. The van der Waals surface area contributed by atoms with Crippen LogP contribution in [0.4, 0.5) is 0 Å². The van der Waals surface area contributed by atoms with Crippen LogP contribution in [0.1, 0.15) is 19.8 Å². The van der Waals surface area contributed by atoms with Gasteiger partial charge in [0.1, 0.15) is 0 Å². The van der Waals surface area contributed by atoms with Crippen LogP contribution < -0.4 is 11.5 Å². The van der Waals surface area contributed by atoms with Crippen molar-refractivity contribution in [3.63, 3.8) is 0 Å². The standard InChI is InChI=1S/C9H17N3OS/c1-9(8(11)13)3-5-12(6-9)4-2-7(10)14/h2-6H2,1H3,(H2,10,14)(H2,11,13). The van der Waals surface area contributed by atoms with Gasteiger partial charge in [-0.25, -0.2) is 0 Å². The zero-order valence-corrected chi connectivity index (χ0v) is 9.27. The van der Waals surface area contributed by atoms with E-state index in [9.17, 15) is 4.79 Å². The molecule has 0 bridgehead atoms. The third-order valence-electron chi connectivity index (χ3n) is 2.82. The molecule has 1 rings (SSSR count). The first kappa shape index (κ1) is 11.4. The van der Waals surface area contributed by atoms with Gasteiger partial charge in [0.05, 0.1) is 10.4 Å². The molecule has 0 aromatic heterocycles. The Kier molecular flexibility index (Phi) is 3.44. The summed E-state index contributed by atoms with van der Waals surface area (Å²) in [5.41, 5.74) is 10.4. The molecule has 1 aliphatic rings. The van der Waals surface area contributed by atoms with E-state index in [0.717, 1.165) is 26.1 Å². The van der Waals surface area contributed by atoms with Gasteiger partial charge in [-0.15, -0.1) is 0 Å². The molecular weight excluding hydrogens is 198 g/mol. The lowest BCUT2D eigenvalue weighted by molar-refractivity contribution is -0.126. The normalized spacial score (nSPS) is 27.8. The fraction of sp³-hybridized carbons (Fsp3) is 0.778. The number of carbonyl (C=O) groups excluding carboxylic acids is 1. The first-order valence-corrected chi connectivity index (χ1v) is 5.15. The van der Waals surface area contributed by atoms with Crippen LogP contribution in [0.15, 0.2) is 0 Å². The fourth-order valence-electron chi connectivity index (χ4n) is 1.72. The molecule has 1 heterocycles. The highest BCUT2D eigenvalue weighted by Gasteiger charge is 2.38. The van der Waals surface area contributed by atoms with Crippen molar-refractivity contribution in [2.24, 2.45) is 16.9 Å². The van der Waals surface area contributed by atoms with Crippen LogP contribution >= 0.6 is 12.2 Å². The van der Waals surface area contributed by atoms with E-state index in [-0.39, 0.29) is 11.3 Å². The molecule has 80 valence electrons. The molecule has 4 nitrogen and oxygen atoms in total. The number of rotatable bonds is 4. The van der Waals surface area contributed by atoms with E-state index < -0.39 is 0 Å². The van der Waals surface area contributed by atoms with Gasteiger partial charge in [0, 0.05) is 19.5 Å². The van der Waals surface area contributed by atoms with Crippen LogP contribution in [0, 0.1) is 5.41 Å². The van der Waals surface area contributed by atoms with Gasteiger partial charge in [0.15, 0.2) is 0 Å². The van der Waals surface area contributed by atoms with Crippen LogP contribution in [0.5, 0.6) is 0 Å². The summed E-state index contributed by atoms with van der Waals surface area (Å²) < 4.78 is 0. The van der Waals surface area contributed by atoms with Crippen LogP contribution in [-0.2, 0) is 4.79 Å². The van der Waals surface area contributed by atoms with E-state index in [1.165, 1.54) is 0 Å². The SMILES string of the molecule is CC1(C(N)=O)CCN(CCC(N)=S)C1. The Bertz CT molecular complexity index is 256. The Hall–Kier alpha value is -0.680. The van der Waals surface area contributed by atoms with Gasteiger partial charge in [0.25, 0.3) is 0 Å². The molecule has 1 fully saturated rings. The number of likely N-dealkylation sites (tertiary alicyclic amines) is 1. The van der Waals surface area contributed by atoms with Crippen molar-refractivity contribution in [3.05, 3.63) is 0 Å². The minimum atomic E-state index is -0.365. The highest BCUT2D eigenvalue weighted by Crippen LogP contribution is 2.29. The summed E-state index contributed by atoms with van der Waals surface area (Å²) in [5, 5.41) is 0. The van der Waals surface area contributed by atoms with E-state index in [4.69, 9.17) is 23.7 Å². The molecule has 1 atom stereocenters. The lowest BCUT2D eigenvalue weighted by Gasteiger charge is -2.20. The number of thiocarbonyl (C=S) groups is 1. The Morgan fingerprint density at radius 1 is 1.57 bits per heavy atom. The van der Waals surface area contributed by atoms with Crippen LogP contribution in [0.25, 0.3) is 0 Å². The Morgan fingerprint density at radius 3 is 2.64 bits per heavy atom. The minimum Gasteiger partial charge on any atom is -0.393 e. The molecular formula is C9H17N3OS. The smallest absolute Gasteiger partial charge is 0.224 e. The van der Waals surface area contributed by atoms with Crippen LogP contribution in [-0.4, -0.2) is 35.4 Å². The summed E-state index contributed by atoms with van der Waals surface area (Å²) >= 11 is 4.80. The lowest BCUT2D eigenvalue weighted by Crippen LogP contribution is -2.37. The van der Waals surface area contributed by atoms with Crippen molar-refractivity contribution in [2.45, 2.75) is 19.8 Å². The second-order valence-electron chi connectivity index (χ2n) is 4.17. The van der Waals surface area contributed by atoms with Gasteiger partial charge in [-0.1, -0.05) is 12.2 Å². The molecule has 0 spiro atoms. The molecule has 0 aliphatic carbocycles. The molecule has 0 aromatic carbocycles. The van der Waals surface area contributed by atoms with Gasteiger partial charge in [-0.05, 0) is 19.9 Å². The number of carbonyl (C=O) groups is 1. The van der Waals surface area contributed by atoms with Gasteiger partial charge in [-0.3, -0.25) is 4.79 Å². The minimum absolute atomic E-state index is 0.213. The van der Waals surface area contributed by atoms with Crippen molar-refractivity contribution in [1.82, 2.24) is 4.90 Å². The van der Waals surface area contributed by atoms with E-state index in [2.05, 4.69) is 4.90 Å². The predicted molar refractivity (Wildman–Crippen MR) is 59.8 cm³/mol. The fourth-order valence-corrected chi connectivity index (χ4v) is 1.81. The lowest BCUT2D eigenvalue weighted by atomic mass is 9.89. The number of amides is 1. The predicted octanol–water partition coefficient (Wildman–Crippen LogP) is -0.140. The summed E-state index contributed by atoms with van der Waals surface area (Å²) in [6.07, 6.45) is 1.55. The Labute approximate surface area is 89.6 Å². The van der Waals surface area contributed by atoms with E-state index in [1.807, 2.05) is 6.92 Å². The topological polar surface area (TPSA) is 72.4 Å². The van der Waals surface area contributed by atoms with Crippen molar-refractivity contribution < 1.29 is 4.79 Å². The number of hydrogen-bond acceptors (Lipinski definition) is 3. The maximum absolute atomic E-state index is 11.2. The Morgan fingerprint density at radius 2 is 2.21 bits per heavy atom. The molecule has 1 aliphatic heterocycles.